The predicted molar refractivity (Wildman–Crippen MR) is 141 cm³/mol. The Bertz CT molecular complexity index is 420. The van der Waals surface area contributed by atoms with Crippen LogP contribution in [-0.2, 0) is 0 Å². The predicted octanol–water partition coefficient (Wildman–Crippen LogP) is 8.64. The summed E-state index contributed by atoms with van der Waals surface area (Å²) in [6.07, 6.45) is 29.2. The van der Waals surface area contributed by atoms with E-state index in [1.54, 1.807) is 0 Å². The summed E-state index contributed by atoms with van der Waals surface area (Å²) in [7, 11) is 0. The van der Waals surface area contributed by atoms with Crippen molar-refractivity contribution in [2.45, 2.75) is 129 Å². The second-order valence-corrected chi connectivity index (χ2v) is 9.94. The minimum Gasteiger partial charge on any atom is -0.389 e. The van der Waals surface area contributed by atoms with E-state index in [2.05, 4.69) is 42.8 Å². The number of allylic oxidation sites excluding steroid dienone is 3. The number of unbranched alkanes of at least 4 members (excludes halogenated alkanes) is 11. The maximum Gasteiger partial charge on any atom is 0.0146 e. The van der Waals surface area contributed by atoms with Crippen LogP contribution in [0.5, 0.6) is 0 Å². The van der Waals surface area contributed by atoms with Gasteiger partial charge in [-0.1, -0.05) is 83.9 Å². The molecule has 0 saturated carbocycles. The van der Waals surface area contributed by atoms with Crippen molar-refractivity contribution in [3.63, 3.8) is 0 Å². The molecule has 0 radical (unpaired) electrons. The first-order valence-corrected chi connectivity index (χ1v) is 14.0. The Morgan fingerprint density at radius 3 is 2.00 bits per heavy atom. The Morgan fingerprint density at radius 2 is 1.39 bits per heavy atom. The van der Waals surface area contributed by atoms with Gasteiger partial charge in [-0.2, -0.15) is 0 Å². The van der Waals surface area contributed by atoms with Crippen LogP contribution in [0.3, 0.4) is 0 Å². The van der Waals surface area contributed by atoms with E-state index in [0.717, 1.165) is 18.9 Å². The molecule has 1 rings (SSSR count). The van der Waals surface area contributed by atoms with E-state index in [0.29, 0.717) is 0 Å². The van der Waals surface area contributed by atoms with Crippen LogP contribution in [0.15, 0.2) is 24.4 Å². The van der Waals surface area contributed by atoms with Crippen LogP contribution in [0.4, 0.5) is 0 Å². The standard InChI is InChI=1S/C29H56N2/c1-4-6-7-8-9-10-11-12-13-14-15-16-17-18-19-20-28(3)30-24-21-29-22-26-31(25-5-2)27-23-29/h12-13,29-30H,3-11,14-27H2,1-2H3/b13-12-. The molecular weight excluding hydrogens is 376 g/mol. The summed E-state index contributed by atoms with van der Waals surface area (Å²) in [4.78, 5) is 2.63. The van der Waals surface area contributed by atoms with Crippen LogP contribution in [0.2, 0.25) is 0 Å². The van der Waals surface area contributed by atoms with E-state index in [1.165, 1.54) is 134 Å². The summed E-state index contributed by atoms with van der Waals surface area (Å²) in [5, 5.41) is 3.60. The largest absolute Gasteiger partial charge is 0.389 e. The van der Waals surface area contributed by atoms with Crippen molar-refractivity contribution in [2.75, 3.05) is 26.2 Å². The number of rotatable bonds is 21. The molecule has 0 aromatic heterocycles. The Labute approximate surface area is 196 Å². The van der Waals surface area contributed by atoms with Crippen LogP contribution in [0.1, 0.15) is 129 Å². The highest BCUT2D eigenvalue weighted by Gasteiger charge is 2.17. The monoisotopic (exact) mass is 432 g/mol. The first-order valence-electron chi connectivity index (χ1n) is 14.0. The van der Waals surface area contributed by atoms with Crippen molar-refractivity contribution in [1.82, 2.24) is 10.2 Å². The molecular formula is C29H56N2. The first-order chi connectivity index (χ1) is 15.3. The van der Waals surface area contributed by atoms with Crippen molar-refractivity contribution in [3.8, 4) is 0 Å². The summed E-state index contributed by atoms with van der Waals surface area (Å²) in [5.41, 5.74) is 1.26. The fourth-order valence-corrected chi connectivity index (χ4v) is 4.77. The van der Waals surface area contributed by atoms with Gasteiger partial charge >= 0.3 is 0 Å². The fourth-order valence-electron chi connectivity index (χ4n) is 4.77. The molecule has 1 N–H and O–H groups in total. The molecule has 31 heavy (non-hydrogen) atoms. The van der Waals surface area contributed by atoms with Gasteiger partial charge in [0.25, 0.3) is 0 Å². The van der Waals surface area contributed by atoms with Crippen LogP contribution in [-0.4, -0.2) is 31.1 Å². The topological polar surface area (TPSA) is 15.3 Å². The molecule has 2 heteroatoms. The third-order valence-corrected chi connectivity index (χ3v) is 6.91. The number of likely N-dealkylation sites (tertiary alicyclic amines) is 1. The Morgan fingerprint density at radius 1 is 0.806 bits per heavy atom. The molecule has 0 aromatic rings. The summed E-state index contributed by atoms with van der Waals surface area (Å²) in [5.74, 6) is 0.924. The van der Waals surface area contributed by atoms with Crippen molar-refractivity contribution < 1.29 is 0 Å². The number of nitrogens with zero attached hydrogens (tertiary/aromatic N) is 1. The van der Waals surface area contributed by atoms with Gasteiger partial charge in [-0.05, 0) is 89.8 Å². The molecule has 1 fully saturated rings. The molecule has 0 spiro atoms. The molecule has 1 aliphatic rings. The van der Waals surface area contributed by atoms with Crippen LogP contribution < -0.4 is 5.32 Å². The minimum absolute atomic E-state index is 0.924. The molecule has 0 aliphatic carbocycles. The first kappa shape index (κ1) is 28.3. The summed E-state index contributed by atoms with van der Waals surface area (Å²) < 4.78 is 0. The number of hydrogen-bond donors (Lipinski definition) is 1. The highest BCUT2D eigenvalue weighted by atomic mass is 15.1. The van der Waals surface area contributed by atoms with E-state index >= 15 is 0 Å². The molecule has 0 unspecified atom stereocenters. The quantitative estimate of drug-likeness (QED) is 0.144. The highest BCUT2D eigenvalue weighted by Crippen LogP contribution is 2.20. The lowest BCUT2D eigenvalue weighted by Gasteiger charge is -2.31. The van der Waals surface area contributed by atoms with Gasteiger partial charge in [-0.15, -0.1) is 0 Å². The molecule has 1 aliphatic heterocycles. The zero-order chi connectivity index (χ0) is 22.4. The Kier molecular flexibility index (Phi) is 19.2. The lowest BCUT2D eigenvalue weighted by atomic mass is 9.93. The van der Waals surface area contributed by atoms with Crippen molar-refractivity contribution in [3.05, 3.63) is 24.4 Å². The van der Waals surface area contributed by atoms with Crippen LogP contribution >= 0.6 is 0 Å². The third kappa shape index (κ3) is 17.5. The zero-order valence-corrected chi connectivity index (χ0v) is 21.4. The molecule has 2 nitrogen and oxygen atoms in total. The summed E-state index contributed by atoms with van der Waals surface area (Å²) in [6, 6.07) is 0. The van der Waals surface area contributed by atoms with Gasteiger partial charge in [0.1, 0.15) is 0 Å². The minimum atomic E-state index is 0.924. The van der Waals surface area contributed by atoms with Gasteiger partial charge in [0.05, 0.1) is 0 Å². The van der Waals surface area contributed by atoms with Crippen LogP contribution in [0, 0.1) is 5.92 Å². The lowest BCUT2D eigenvalue weighted by Crippen LogP contribution is -2.35. The number of piperidine rings is 1. The van der Waals surface area contributed by atoms with Crippen LogP contribution in [0.25, 0.3) is 0 Å². The van der Waals surface area contributed by atoms with E-state index < -0.39 is 0 Å². The average molecular weight is 433 g/mol. The van der Waals surface area contributed by atoms with Gasteiger partial charge in [0.2, 0.25) is 0 Å². The normalized spacial score (nSPS) is 15.7. The molecule has 0 bridgehead atoms. The maximum atomic E-state index is 4.25. The average Bonchev–Trinajstić information content (AvgIpc) is 2.78. The SMILES string of the molecule is C=C(CCCCCCC/C=C\CCCCCCCC)NCCC1CCN(CCC)CC1. The Balaban J connectivity index is 1.81. The summed E-state index contributed by atoms with van der Waals surface area (Å²) in [6.45, 7) is 13.9. The molecule has 0 aromatic carbocycles. The van der Waals surface area contributed by atoms with Crippen molar-refractivity contribution in [1.29, 1.82) is 0 Å². The molecule has 182 valence electrons. The van der Waals surface area contributed by atoms with Crippen molar-refractivity contribution in [2.24, 2.45) is 5.92 Å². The molecule has 0 atom stereocenters. The van der Waals surface area contributed by atoms with Gasteiger partial charge < -0.3 is 10.2 Å². The maximum absolute atomic E-state index is 4.25. The summed E-state index contributed by atoms with van der Waals surface area (Å²) >= 11 is 0. The van der Waals surface area contributed by atoms with E-state index in [1.807, 2.05) is 0 Å². The van der Waals surface area contributed by atoms with Gasteiger partial charge in [0, 0.05) is 12.2 Å². The fraction of sp³-hybridized carbons (Fsp3) is 0.862. The van der Waals surface area contributed by atoms with Gasteiger partial charge in [-0.3, -0.25) is 0 Å². The van der Waals surface area contributed by atoms with Gasteiger partial charge in [0.15, 0.2) is 0 Å². The van der Waals surface area contributed by atoms with Gasteiger partial charge in [-0.25, -0.2) is 0 Å². The second-order valence-electron chi connectivity index (χ2n) is 9.94. The third-order valence-electron chi connectivity index (χ3n) is 6.91. The molecule has 1 saturated heterocycles. The molecule has 0 amide bonds. The van der Waals surface area contributed by atoms with E-state index in [9.17, 15) is 0 Å². The second kappa shape index (κ2) is 21.1. The van der Waals surface area contributed by atoms with E-state index in [4.69, 9.17) is 0 Å². The molecule has 1 heterocycles. The highest BCUT2D eigenvalue weighted by molar-refractivity contribution is 4.90. The van der Waals surface area contributed by atoms with E-state index in [-0.39, 0.29) is 0 Å². The smallest absolute Gasteiger partial charge is 0.0146 e. The van der Waals surface area contributed by atoms with Crippen molar-refractivity contribution >= 4 is 0 Å². The Hall–Kier alpha value is -0.760. The number of nitrogens with one attached hydrogen (secondary N) is 1. The zero-order valence-electron chi connectivity index (χ0n) is 21.4. The number of hydrogen-bond acceptors (Lipinski definition) is 2. The lowest BCUT2D eigenvalue weighted by molar-refractivity contribution is 0.179.